The Labute approximate surface area is 236 Å². The molecule has 1 aromatic heterocycles. The van der Waals surface area contributed by atoms with Crippen molar-refractivity contribution in [2.75, 3.05) is 5.73 Å². The first-order valence-electron chi connectivity index (χ1n) is 12.9. The lowest BCUT2D eigenvalue weighted by atomic mass is 9.85. The number of hydrogen-bond donors (Lipinski definition) is 2. The van der Waals surface area contributed by atoms with Crippen molar-refractivity contribution in [2.24, 2.45) is 5.14 Å². The molecule has 1 aliphatic carbocycles. The van der Waals surface area contributed by atoms with Crippen LogP contribution in [0.15, 0.2) is 83.8 Å². The van der Waals surface area contributed by atoms with Crippen LogP contribution in [-0.4, -0.2) is 20.8 Å². The van der Waals surface area contributed by atoms with Crippen molar-refractivity contribution in [3.8, 4) is 11.1 Å². The summed E-state index contributed by atoms with van der Waals surface area (Å²) in [7, 11) is -3.01. The molecule has 3 aromatic carbocycles. The molecule has 0 fully saturated rings. The first kappa shape index (κ1) is 28.3. The number of carbonyl (C=O) groups excluding carboxylic acids is 1. The Morgan fingerprint density at radius 2 is 1.71 bits per heavy atom. The average Bonchev–Trinajstić information content (AvgIpc) is 3.28. The van der Waals surface area contributed by atoms with Crippen LogP contribution in [0.2, 0.25) is 0 Å². The molecular formula is C32H28F3N3O2S. The molecule has 0 radical (unpaired) electrons. The van der Waals surface area contributed by atoms with E-state index in [-0.39, 0.29) is 36.7 Å². The van der Waals surface area contributed by atoms with Crippen LogP contribution >= 0.6 is 0 Å². The molecule has 1 heterocycles. The number of anilines is 1. The summed E-state index contributed by atoms with van der Waals surface area (Å²) in [6.45, 7) is 0. The number of carbonyl (C=O) groups is 1. The highest BCUT2D eigenvalue weighted by Gasteiger charge is 2.25. The molecule has 1 aliphatic rings. The summed E-state index contributed by atoms with van der Waals surface area (Å²) in [6.07, 6.45) is 2.66. The zero-order valence-corrected chi connectivity index (χ0v) is 22.9. The molecule has 9 heteroatoms. The minimum Gasteiger partial charge on any atom is -0.384 e. The first-order chi connectivity index (χ1) is 19.5. The monoisotopic (exact) mass is 575 g/mol. The summed E-state index contributed by atoms with van der Waals surface area (Å²) in [5.74, 6) is 1.13. The predicted octanol–water partition coefficient (Wildman–Crippen LogP) is 6.01. The third-order valence-electron chi connectivity index (χ3n) is 7.13. The van der Waals surface area contributed by atoms with Crippen molar-refractivity contribution in [3.63, 3.8) is 0 Å². The van der Waals surface area contributed by atoms with E-state index < -0.39 is 27.3 Å². The predicted molar refractivity (Wildman–Crippen MR) is 157 cm³/mol. The van der Waals surface area contributed by atoms with Crippen LogP contribution in [0.25, 0.3) is 16.7 Å². The van der Waals surface area contributed by atoms with Crippen molar-refractivity contribution in [2.45, 2.75) is 36.5 Å². The Morgan fingerprint density at radius 1 is 0.951 bits per heavy atom. The summed E-state index contributed by atoms with van der Waals surface area (Å²) < 4.78 is 54.6. The van der Waals surface area contributed by atoms with Crippen LogP contribution in [0.4, 0.5) is 19.0 Å². The molecule has 2 unspecified atom stereocenters. The van der Waals surface area contributed by atoms with Gasteiger partial charge in [-0.15, -0.1) is 0 Å². The molecule has 4 aromatic rings. The van der Waals surface area contributed by atoms with E-state index in [0.717, 1.165) is 17.2 Å². The fraction of sp³-hybridized carbons (Fsp3) is 0.156. The smallest absolute Gasteiger partial charge is 0.137 e. The third kappa shape index (κ3) is 6.58. The molecule has 2 atom stereocenters. The van der Waals surface area contributed by atoms with Gasteiger partial charge in [0.25, 0.3) is 0 Å². The lowest BCUT2D eigenvalue weighted by molar-refractivity contribution is -0.118. The Balaban J connectivity index is 1.54. The molecule has 0 amide bonds. The molecule has 5 nitrogen and oxygen atoms in total. The number of nitrogens with two attached hydrogens (primary N) is 2. The highest BCUT2D eigenvalue weighted by Crippen LogP contribution is 2.36. The van der Waals surface area contributed by atoms with Crippen LogP contribution in [0.5, 0.6) is 0 Å². The number of ketones is 1. The number of aromatic nitrogens is 1. The number of Topliss-reactive ketones (excluding diaryl/α,β-unsaturated/α-hetero) is 1. The van der Waals surface area contributed by atoms with E-state index in [1.165, 1.54) is 24.3 Å². The number of benzene rings is 3. The van der Waals surface area contributed by atoms with Gasteiger partial charge in [-0.25, -0.2) is 22.4 Å². The minimum absolute atomic E-state index is 0.0216. The summed E-state index contributed by atoms with van der Waals surface area (Å²) in [5.41, 5.74) is 10.5. The van der Waals surface area contributed by atoms with Gasteiger partial charge in [-0.05, 0) is 95.1 Å². The van der Waals surface area contributed by atoms with E-state index >= 15 is 0 Å². The fourth-order valence-electron chi connectivity index (χ4n) is 5.30. The summed E-state index contributed by atoms with van der Waals surface area (Å²) in [5, 5.41) is 5.78. The molecule has 0 saturated carbocycles. The van der Waals surface area contributed by atoms with E-state index in [9.17, 15) is 22.2 Å². The van der Waals surface area contributed by atoms with E-state index in [0.29, 0.717) is 39.3 Å². The zero-order chi connectivity index (χ0) is 29.3. The van der Waals surface area contributed by atoms with Crippen LogP contribution in [-0.2, 0) is 27.3 Å². The van der Waals surface area contributed by atoms with Gasteiger partial charge in [0.15, 0.2) is 0 Å². The number of nitrogens with zero attached hydrogens (tertiary/aromatic N) is 1. The second-order valence-electron chi connectivity index (χ2n) is 10.3. The Bertz CT molecular complexity index is 1780. The van der Waals surface area contributed by atoms with Gasteiger partial charge in [-0.3, -0.25) is 9.93 Å². The highest BCUT2D eigenvalue weighted by molar-refractivity contribution is 7.98. The molecule has 41 heavy (non-hydrogen) atoms. The quantitative estimate of drug-likeness (QED) is 0.239. The number of fused-ring (bicyclic) bond motifs is 1. The van der Waals surface area contributed by atoms with Crippen molar-refractivity contribution in [1.29, 1.82) is 0 Å². The lowest BCUT2D eigenvalue weighted by Crippen LogP contribution is -2.15. The number of rotatable bonds is 9. The number of hydrogen-bond acceptors (Lipinski definition) is 4. The van der Waals surface area contributed by atoms with Gasteiger partial charge in [-0.1, -0.05) is 24.3 Å². The van der Waals surface area contributed by atoms with Gasteiger partial charge in [0, 0.05) is 35.3 Å². The molecular weight excluding hydrogens is 547 g/mol. The van der Waals surface area contributed by atoms with Crippen molar-refractivity contribution in [1.82, 2.24) is 4.98 Å². The second-order valence-corrected chi connectivity index (χ2v) is 12.2. The Kier molecular flexibility index (Phi) is 7.84. The van der Waals surface area contributed by atoms with E-state index in [1.54, 1.807) is 42.5 Å². The average molecular weight is 576 g/mol. The van der Waals surface area contributed by atoms with Crippen molar-refractivity contribution < 1.29 is 22.2 Å². The standard InChI is InChI=1S/C32H28F3N3O2S/c1-41(37,40)28-4-2-3-21(16-28)29-9-10-31(36)38-32(29)23(11-19-12-25(34)17-26(35)13-19)15-27(39)14-22-6-5-20-7-8-24(33)18-30(20)22/h2-4,6-10,12-13,16-18,23H,1,5,11,14-15H2,(H2,36,38)(H2,37,40). The summed E-state index contributed by atoms with van der Waals surface area (Å²) >= 11 is 0. The van der Waals surface area contributed by atoms with Gasteiger partial charge in [0.05, 0.1) is 15.4 Å². The number of allylic oxidation sites excluding steroid dienone is 2. The van der Waals surface area contributed by atoms with E-state index in [2.05, 4.69) is 10.9 Å². The number of halogens is 3. The molecule has 0 saturated heterocycles. The first-order valence-corrected chi connectivity index (χ1v) is 14.7. The maximum absolute atomic E-state index is 14.1. The molecule has 0 spiro atoms. The molecule has 0 aliphatic heterocycles. The van der Waals surface area contributed by atoms with Crippen LogP contribution in [0.3, 0.4) is 0 Å². The van der Waals surface area contributed by atoms with Crippen LogP contribution in [0, 0.1) is 17.5 Å². The van der Waals surface area contributed by atoms with Gasteiger partial charge >= 0.3 is 0 Å². The maximum atomic E-state index is 14.1. The normalized spacial score (nSPS) is 14.7. The van der Waals surface area contributed by atoms with Gasteiger partial charge < -0.3 is 5.73 Å². The van der Waals surface area contributed by atoms with Crippen molar-refractivity contribution >= 4 is 32.8 Å². The largest absolute Gasteiger partial charge is 0.384 e. The van der Waals surface area contributed by atoms with E-state index in [1.807, 2.05) is 6.08 Å². The van der Waals surface area contributed by atoms with Gasteiger partial charge in [0.2, 0.25) is 0 Å². The fourth-order valence-corrected chi connectivity index (χ4v) is 5.93. The summed E-state index contributed by atoms with van der Waals surface area (Å²) in [6, 6.07) is 17.8. The number of nitrogen functional groups attached to an aromatic ring is 1. The van der Waals surface area contributed by atoms with Gasteiger partial charge in [0.1, 0.15) is 29.1 Å². The van der Waals surface area contributed by atoms with Crippen molar-refractivity contribution in [3.05, 3.63) is 119 Å². The topological polar surface area (TPSA) is 99.1 Å². The highest BCUT2D eigenvalue weighted by atomic mass is 32.2. The molecule has 210 valence electrons. The molecule has 0 bridgehead atoms. The van der Waals surface area contributed by atoms with E-state index in [4.69, 9.17) is 10.9 Å². The maximum Gasteiger partial charge on any atom is 0.137 e. The van der Waals surface area contributed by atoms with Crippen LogP contribution < -0.4 is 10.9 Å². The summed E-state index contributed by atoms with van der Waals surface area (Å²) in [4.78, 5) is 18.4. The molecule has 5 rings (SSSR count). The van der Waals surface area contributed by atoms with Crippen LogP contribution in [0.1, 0.15) is 41.1 Å². The second kappa shape index (κ2) is 11.3. The zero-order valence-electron chi connectivity index (χ0n) is 22.1. The minimum atomic E-state index is -3.01. The molecule has 4 N–H and O–H groups in total. The lowest BCUT2D eigenvalue weighted by Gasteiger charge is -2.21. The van der Waals surface area contributed by atoms with Gasteiger partial charge in [-0.2, -0.15) is 0 Å². The third-order valence-corrected chi connectivity index (χ3v) is 8.18. The Morgan fingerprint density at radius 3 is 2.44 bits per heavy atom. The Hall–Kier alpha value is -4.21. The number of pyridine rings is 1. The SMILES string of the molecule is C=S(N)(=O)c1cccc(-c2ccc(N)nc2C(CC(=O)CC2=CCc3ccc(F)cc32)Cc2cc(F)cc(F)c2)c1.